The van der Waals surface area contributed by atoms with Crippen LogP contribution in [0.3, 0.4) is 0 Å². The molecule has 1 unspecified atom stereocenters. The Labute approximate surface area is 155 Å². The van der Waals surface area contributed by atoms with E-state index in [0.717, 1.165) is 31.4 Å². The fourth-order valence-electron chi connectivity index (χ4n) is 4.43. The smallest absolute Gasteiger partial charge is 0.311 e. The fourth-order valence-corrected chi connectivity index (χ4v) is 4.43. The fraction of sp³-hybridized carbons (Fsp3) is 0.619. The van der Waals surface area contributed by atoms with Crippen molar-refractivity contribution >= 4 is 5.97 Å². The third-order valence-corrected chi connectivity index (χ3v) is 6.14. The largest absolute Gasteiger partial charge is 0.459 e. The molecule has 3 heterocycles. The highest BCUT2D eigenvalue weighted by Crippen LogP contribution is 2.50. The van der Waals surface area contributed by atoms with E-state index in [9.17, 15) is 4.79 Å². The zero-order chi connectivity index (χ0) is 18.1. The number of hydrogen-bond acceptors (Lipinski definition) is 5. The van der Waals surface area contributed by atoms with Crippen molar-refractivity contribution in [2.45, 2.75) is 63.9 Å². The molecule has 0 aromatic carbocycles. The Morgan fingerprint density at radius 3 is 3.08 bits per heavy atom. The Kier molecular flexibility index (Phi) is 4.84. The van der Waals surface area contributed by atoms with E-state index in [1.807, 2.05) is 18.2 Å². The summed E-state index contributed by atoms with van der Waals surface area (Å²) in [5.41, 5.74) is 2.26. The molecule has 0 spiro atoms. The van der Waals surface area contributed by atoms with E-state index in [1.54, 1.807) is 6.20 Å². The van der Waals surface area contributed by atoms with Crippen LogP contribution in [0.2, 0.25) is 0 Å². The summed E-state index contributed by atoms with van der Waals surface area (Å²) in [6.45, 7) is 5.64. The first-order chi connectivity index (χ1) is 12.6. The number of nitrogens with one attached hydrogen (secondary N) is 1. The van der Waals surface area contributed by atoms with Crippen LogP contribution in [0.1, 0.15) is 45.2 Å². The molecule has 0 amide bonds. The monoisotopic (exact) mass is 356 g/mol. The highest BCUT2D eigenvalue weighted by atomic mass is 16.6. The zero-order valence-electron chi connectivity index (χ0n) is 15.6. The van der Waals surface area contributed by atoms with Crippen molar-refractivity contribution in [3.05, 3.63) is 41.7 Å². The number of carbonyl (C=O) groups is 1. The summed E-state index contributed by atoms with van der Waals surface area (Å²) in [4.78, 5) is 16.9. The average Bonchev–Trinajstić information content (AvgIpc) is 3.20. The summed E-state index contributed by atoms with van der Waals surface area (Å²) in [5, 5.41) is 3.40. The molecule has 4 rings (SSSR count). The van der Waals surface area contributed by atoms with Crippen LogP contribution in [0.4, 0.5) is 0 Å². The number of hydrogen-bond donors (Lipinski definition) is 1. The van der Waals surface area contributed by atoms with E-state index in [4.69, 9.17) is 9.47 Å². The van der Waals surface area contributed by atoms with E-state index in [0.29, 0.717) is 13.1 Å². The number of nitrogens with zero attached hydrogens (tertiary/aromatic N) is 1. The molecule has 2 fully saturated rings. The topological polar surface area (TPSA) is 63.8 Å². The van der Waals surface area contributed by atoms with Gasteiger partial charge in [-0.05, 0) is 51.7 Å². The quantitative estimate of drug-likeness (QED) is 0.510. The van der Waals surface area contributed by atoms with E-state index in [-0.39, 0.29) is 35.6 Å². The van der Waals surface area contributed by atoms with Crippen molar-refractivity contribution in [2.75, 3.05) is 6.54 Å². The maximum absolute atomic E-state index is 12.6. The molecule has 2 aliphatic heterocycles. The van der Waals surface area contributed by atoms with Crippen molar-refractivity contribution < 1.29 is 14.3 Å². The average molecular weight is 356 g/mol. The van der Waals surface area contributed by atoms with Crippen LogP contribution < -0.4 is 5.32 Å². The summed E-state index contributed by atoms with van der Waals surface area (Å²) < 4.78 is 11.8. The van der Waals surface area contributed by atoms with Gasteiger partial charge < -0.3 is 14.8 Å². The minimum atomic E-state index is -0.131. The molecule has 3 aliphatic rings. The molecule has 0 radical (unpaired) electrons. The molecule has 1 aromatic heterocycles. The zero-order valence-corrected chi connectivity index (χ0v) is 15.6. The number of fused-ring (bicyclic) bond motifs is 3. The summed E-state index contributed by atoms with van der Waals surface area (Å²) in [7, 11) is 0. The van der Waals surface area contributed by atoms with Crippen LogP contribution in [-0.4, -0.2) is 35.3 Å². The lowest BCUT2D eigenvalue weighted by atomic mass is 9.80. The predicted octanol–water partition coefficient (Wildman–Crippen LogP) is 3.01. The van der Waals surface area contributed by atoms with Gasteiger partial charge in [0.1, 0.15) is 12.2 Å². The van der Waals surface area contributed by atoms with Crippen LogP contribution in [0.25, 0.3) is 0 Å². The molecule has 2 saturated heterocycles. The van der Waals surface area contributed by atoms with Crippen LogP contribution in [0.15, 0.2) is 36.0 Å². The predicted molar refractivity (Wildman–Crippen MR) is 98.3 cm³/mol. The lowest BCUT2D eigenvalue weighted by Crippen LogP contribution is -2.34. The van der Waals surface area contributed by atoms with Gasteiger partial charge in [-0.1, -0.05) is 17.7 Å². The van der Waals surface area contributed by atoms with Gasteiger partial charge in [-0.25, -0.2) is 0 Å². The number of epoxide rings is 1. The highest BCUT2D eigenvalue weighted by molar-refractivity contribution is 5.75. The van der Waals surface area contributed by atoms with Gasteiger partial charge in [-0.3, -0.25) is 9.78 Å². The summed E-state index contributed by atoms with van der Waals surface area (Å²) in [6.07, 6.45) is 8.12. The van der Waals surface area contributed by atoms with Gasteiger partial charge >= 0.3 is 5.97 Å². The Morgan fingerprint density at radius 1 is 1.38 bits per heavy atom. The van der Waals surface area contributed by atoms with E-state index >= 15 is 0 Å². The van der Waals surface area contributed by atoms with Gasteiger partial charge in [0.25, 0.3) is 0 Å². The Bertz CT molecular complexity index is 690. The van der Waals surface area contributed by atoms with Crippen molar-refractivity contribution in [2.24, 2.45) is 11.8 Å². The number of pyridine rings is 1. The molecule has 0 saturated carbocycles. The molecule has 5 heteroatoms. The lowest BCUT2D eigenvalue weighted by molar-refractivity contribution is -0.144. The van der Waals surface area contributed by atoms with Crippen molar-refractivity contribution in [3.63, 3.8) is 0 Å². The first kappa shape index (κ1) is 17.7. The molecule has 1 aliphatic carbocycles. The molecule has 0 bridgehead atoms. The molecular weight excluding hydrogens is 328 g/mol. The number of ether oxygens (including phenoxy) is 2. The molecule has 5 nitrogen and oxygen atoms in total. The second kappa shape index (κ2) is 7.12. The minimum absolute atomic E-state index is 0.0593. The lowest BCUT2D eigenvalue weighted by Gasteiger charge is -2.22. The SMILES string of the molecule is C/C1=C/CC[C@@]2(C)OC2[C@H]2OC(=O)[C@@H](CNCc3ccccn3)[C@@H]2CC1. The molecule has 1 aromatic rings. The van der Waals surface area contributed by atoms with Crippen molar-refractivity contribution in [1.29, 1.82) is 0 Å². The molecule has 1 N–H and O–H groups in total. The third-order valence-electron chi connectivity index (χ3n) is 6.14. The van der Waals surface area contributed by atoms with Gasteiger partial charge in [-0.2, -0.15) is 0 Å². The second-order valence-corrected chi connectivity index (χ2v) is 8.10. The minimum Gasteiger partial charge on any atom is -0.459 e. The molecule has 26 heavy (non-hydrogen) atoms. The maximum atomic E-state index is 12.6. The third kappa shape index (κ3) is 3.55. The maximum Gasteiger partial charge on any atom is 0.311 e. The summed E-state index contributed by atoms with van der Waals surface area (Å²) in [6, 6.07) is 5.88. The molecule has 5 atom stereocenters. The molecular formula is C21H28N2O3. The Hall–Kier alpha value is -1.72. The number of rotatable bonds is 4. The summed E-state index contributed by atoms with van der Waals surface area (Å²) in [5.74, 6) is 0.0312. The van der Waals surface area contributed by atoms with E-state index < -0.39 is 0 Å². The van der Waals surface area contributed by atoms with Crippen molar-refractivity contribution in [1.82, 2.24) is 10.3 Å². The Balaban J connectivity index is 1.44. The first-order valence-electron chi connectivity index (χ1n) is 9.71. The van der Waals surface area contributed by atoms with Gasteiger partial charge in [0.15, 0.2) is 0 Å². The number of esters is 1. The standard InChI is InChI=1S/C21H28N2O3/c1-14-6-5-10-21(2)19(26-21)18-16(9-8-14)17(20(24)25-18)13-22-12-15-7-3-4-11-23-15/h3-4,6-7,11,16-19,22H,5,8-10,12-13H2,1-2H3/b14-6-/t16-,17-,18-,19?,21+/m0/s1. The van der Waals surface area contributed by atoms with Gasteiger partial charge in [0.2, 0.25) is 0 Å². The van der Waals surface area contributed by atoms with E-state index in [1.165, 1.54) is 5.57 Å². The van der Waals surface area contributed by atoms with Gasteiger partial charge in [0, 0.05) is 25.2 Å². The summed E-state index contributed by atoms with van der Waals surface area (Å²) >= 11 is 0. The van der Waals surface area contributed by atoms with Crippen molar-refractivity contribution in [3.8, 4) is 0 Å². The Morgan fingerprint density at radius 2 is 2.27 bits per heavy atom. The van der Waals surface area contributed by atoms with E-state index in [2.05, 4.69) is 30.2 Å². The molecule has 140 valence electrons. The number of aromatic nitrogens is 1. The van der Waals surface area contributed by atoms with Crippen LogP contribution >= 0.6 is 0 Å². The van der Waals surface area contributed by atoms with Gasteiger partial charge in [-0.15, -0.1) is 0 Å². The number of allylic oxidation sites excluding steroid dienone is 2. The normalized spacial score (nSPS) is 38.5. The highest BCUT2D eigenvalue weighted by Gasteiger charge is 2.62. The van der Waals surface area contributed by atoms with Crippen LogP contribution in [0.5, 0.6) is 0 Å². The van der Waals surface area contributed by atoms with Crippen LogP contribution in [0, 0.1) is 11.8 Å². The van der Waals surface area contributed by atoms with Crippen LogP contribution in [-0.2, 0) is 20.8 Å². The van der Waals surface area contributed by atoms with Gasteiger partial charge in [0.05, 0.1) is 17.2 Å². The second-order valence-electron chi connectivity index (χ2n) is 8.10. The first-order valence-corrected chi connectivity index (χ1v) is 9.71. The number of carbonyl (C=O) groups excluding carboxylic acids is 1.